The molecule has 4 rings (SSSR count). The van der Waals surface area contributed by atoms with Gasteiger partial charge in [-0.2, -0.15) is 10.4 Å². The van der Waals surface area contributed by atoms with E-state index in [1.165, 1.54) is 0 Å². The SMILES string of the molecule is N#Cc1ccccc1Cn1cc(/C=N\NC(=O)CN2CCOCC2)c2ccccc21. The number of fused-ring (bicyclic) bond motifs is 1. The van der Waals surface area contributed by atoms with E-state index in [1.807, 2.05) is 59.6 Å². The van der Waals surface area contributed by atoms with E-state index in [0.717, 1.165) is 35.1 Å². The molecule has 1 fully saturated rings. The molecule has 2 heterocycles. The Balaban J connectivity index is 1.50. The maximum absolute atomic E-state index is 12.1. The van der Waals surface area contributed by atoms with Crippen molar-refractivity contribution >= 4 is 23.0 Å². The molecule has 0 saturated carbocycles. The molecule has 1 aliphatic heterocycles. The Morgan fingerprint density at radius 1 is 1.17 bits per heavy atom. The molecule has 2 aromatic carbocycles. The number of hydrogen-bond donors (Lipinski definition) is 1. The number of rotatable bonds is 6. The predicted octanol–water partition coefficient (Wildman–Crippen LogP) is 2.34. The molecule has 152 valence electrons. The van der Waals surface area contributed by atoms with Crippen molar-refractivity contribution in [3.8, 4) is 6.07 Å². The summed E-state index contributed by atoms with van der Waals surface area (Å²) >= 11 is 0. The van der Waals surface area contributed by atoms with E-state index in [-0.39, 0.29) is 5.91 Å². The number of amides is 1. The van der Waals surface area contributed by atoms with Crippen LogP contribution in [0.25, 0.3) is 10.9 Å². The molecule has 1 N–H and O–H groups in total. The van der Waals surface area contributed by atoms with Crippen LogP contribution in [0.3, 0.4) is 0 Å². The molecule has 0 radical (unpaired) electrons. The Kier molecular flexibility index (Phi) is 6.18. The smallest absolute Gasteiger partial charge is 0.254 e. The van der Waals surface area contributed by atoms with Crippen LogP contribution in [0.2, 0.25) is 0 Å². The minimum absolute atomic E-state index is 0.139. The number of carbonyl (C=O) groups is 1. The second kappa shape index (κ2) is 9.35. The Morgan fingerprint density at radius 3 is 2.77 bits per heavy atom. The van der Waals surface area contributed by atoms with Gasteiger partial charge in [0.25, 0.3) is 5.91 Å². The molecular formula is C23H23N5O2. The molecule has 1 aromatic heterocycles. The molecule has 7 nitrogen and oxygen atoms in total. The average Bonchev–Trinajstić information content (AvgIpc) is 3.12. The molecule has 0 unspecified atom stereocenters. The van der Waals surface area contributed by atoms with E-state index >= 15 is 0 Å². The van der Waals surface area contributed by atoms with Gasteiger partial charge in [0.2, 0.25) is 0 Å². The Labute approximate surface area is 175 Å². The van der Waals surface area contributed by atoms with Crippen LogP contribution in [0, 0.1) is 11.3 Å². The summed E-state index contributed by atoms with van der Waals surface area (Å²) in [5, 5.41) is 14.6. The summed E-state index contributed by atoms with van der Waals surface area (Å²) in [6.45, 7) is 3.73. The summed E-state index contributed by atoms with van der Waals surface area (Å²) in [5.74, 6) is -0.139. The van der Waals surface area contributed by atoms with E-state index in [4.69, 9.17) is 4.74 Å². The summed E-state index contributed by atoms with van der Waals surface area (Å²) in [6, 6.07) is 17.9. The van der Waals surface area contributed by atoms with E-state index < -0.39 is 0 Å². The highest BCUT2D eigenvalue weighted by atomic mass is 16.5. The zero-order valence-corrected chi connectivity index (χ0v) is 16.6. The van der Waals surface area contributed by atoms with Crippen LogP contribution in [-0.4, -0.2) is 54.4 Å². The summed E-state index contributed by atoms with van der Waals surface area (Å²) in [7, 11) is 0. The highest BCUT2D eigenvalue weighted by molar-refractivity contribution is 5.99. The number of hydrogen-bond acceptors (Lipinski definition) is 5. The predicted molar refractivity (Wildman–Crippen MR) is 115 cm³/mol. The molecule has 1 saturated heterocycles. The van der Waals surface area contributed by atoms with Crippen LogP contribution in [-0.2, 0) is 16.1 Å². The number of aromatic nitrogens is 1. The van der Waals surface area contributed by atoms with Crippen molar-refractivity contribution < 1.29 is 9.53 Å². The van der Waals surface area contributed by atoms with Gasteiger partial charge in [-0.05, 0) is 17.7 Å². The highest BCUT2D eigenvalue weighted by Crippen LogP contribution is 2.22. The minimum Gasteiger partial charge on any atom is -0.379 e. The number of morpholine rings is 1. The van der Waals surface area contributed by atoms with Crippen molar-refractivity contribution in [2.75, 3.05) is 32.8 Å². The van der Waals surface area contributed by atoms with Crippen LogP contribution in [0.15, 0.2) is 59.8 Å². The molecule has 0 aliphatic carbocycles. The first-order valence-corrected chi connectivity index (χ1v) is 9.92. The van der Waals surface area contributed by atoms with E-state index in [0.29, 0.717) is 31.9 Å². The third kappa shape index (κ3) is 4.57. The average molecular weight is 401 g/mol. The largest absolute Gasteiger partial charge is 0.379 e. The lowest BCUT2D eigenvalue weighted by Gasteiger charge is -2.25. The standard InChI is InChI=1S/C23H23N5O2/c24-13-18-5-1-2-6-19(18)15-28-16-20(21-7-3-4-8-22(21)28)14-25-26-23(29)17-27-9-11-30-12-10-27/h1-8,14,16H,9-12,15,17H2,(H,26,29)/b25-14-. The minimum atomic E-state index is -0.139. The topological polar surface area (TPSA) is 82.7 Å². The molecule has 0 atom stereocenters. The van der Waals surface area contributed by atoms with Crippen molar-refractivity contribution in [2.24, 2.45) is 5.10 Å². The monoisotopic (exact) mass is 401 g/mol. The van der Waals surface area contributed by atoms with Crippen molar-refractivity contribution in [1.29, 1.82) is 5.26 Å². The summed E-state index contributed by atoms with van der Waals surface area (Å²) < 4.78 is 7.40. The van der Waals surface area contributed by atoms with Crippen LogP contribution in [0.1, 0.15) is 16.7 Å². The Hall–Kier alpha value is -3.47. The highest BCUT2D eigenvalue weighted by Gasteiger charge is 2.14. The number of nitrogens with one attached hydrogen (secondary N) is 1. The fraction of sp³-hybridized carbons (Fsp3) is 0.261. The van der Waals surface area contributed by atoms with E-state index in [9.17, 15) is 10.1 Å². The normalized spacial score (nSPS) is 14.8. The van der Waals surface area contributed by atoms with Crippen molar-refractivity contribution in [3.63, 3.8) is 0 Å². The summed E-state index contributed by atoms with van der Waals surface area (Å²) in [6.07, 6.45) is 3.67. The van der Waals surface area contributed by atoms with Crippen LogP contribution in [0.5, 0.6) is 0 Å². The molecule has 0 spiro atoms. The number of ether oxygens (including phenoxy) is 1. The van der Waals surface area contributed by atoms with Gasteiger partial charge in [-0.1, -0.05) is 36.4 Å². The first kappa shape index (κ1) is 19.8. The van der Waals surface area contributed by atoms with Gasteiger partial charge in [-0.25, -0.2) is 5.43 Å². The quantitative estimate of drug-likeness (QED) is 0.508. The Bertz CT molecular complexity index is 1110. The lowest BCUT2D eigenvalue weighted by atomic mass is 10.1. The van der Waals surface area contributed by atoms with Crippen molar-refractivity contribution in [3.05, 3.63) is 71.4 Å². The molecule has 7 heteroatoms. The number of benzene rings is 2. The van der Waals surface area contributed by atoms with Gasteiger partial charge in [0.1, 0.15) is 0 Å². The fourth-order valence-electron chi connectivity index (χ4n) is 3.63. The maximum Gasteiger partial charge on any atom is 0.254 e. The summed E-state index contributed by atoms with van der Waals surface area (Å²) in [4.78, 5) is 14.2. The van der Waals surface area contributed by atoms with Crippen molar-refractivity contribution in [1.82, 2.24) is 14.9 Å². The lowest BCUT2D eigenvalue weighted by molar-refractivity contribution is -0.123. The van der Waals surface area contributed by atoms with Gasteiger partial charge in [0.15, 0.2) is 0 Å². The molecule has 1 aliphatic rings. The molecule has 0 bridgehead atoms. The van der Waals surface area contributed by atoms with E-state index in [2.05, 4.69) is 21.2 Å². The summed E-state index contributed by atoms with van der Waals surface area (Å²) in [5.41, 5.74) is 6.20. The third-order valence-corrected chi connectivity index (χ3v) is 5.16. The first-order valence-electron chi connectivity index (χ1n) is 9.92. The van der Waals surface area contributed by atoms with Gasteiger partial charge in [-0.3, -0.25) is 9.69 Å². The molecule has 3 aromatic rings. The first-order chi connectivity index (χ1) is 14.7. The number of carbonyl (C=O) groups excluding carboxylic acids is 1. The van der Waals surface area contributed by atoms with Gasteiger partial charge < -0.3 is 9.30 Å². The zero-order chi connectivity index (χ0) is 20.8. The molecule has 30 heavy (non-hydrogen) atoms. The van der Waals surface area contributed by atoms with Gasteiger partial charge >= 0.3 is 0 Å². The number of para-hydroxylation sites is 1. The Morgan fingerprint density at radius 2 is 1.93 bits per heavy atom. The third-order valence-electron chi connectivity index (χ3n) is 5.16. The molecule has 1 amide bonds. The zero-order valence-electron chi connectivity index (χ0n) is 16.6. The van der Waals surface area contributed by atoms with Gasteiger partial charge in [0, 0.05) is 42.3 Å². The second-order valence-electron chi connectivity index (χ2n) is 7.18. The number of nitriles is 1. The van der Waals surface area contributed by atoms with Crippen LogP contribution in [0.4, 0.5) is 0 Å². The number of hydrazone groups is 1. The van der Waals surface area contributed by atoms with Crippen LogP contribution < -0.4 is 5.43 Å². The van der Waals surface area contributed by atoms with Gasteiger partial charge in [-0.15, -0.1) is 0 Å². The number of nitrogens with zero attached hydrogens (tertiary/aromatic N) is 4. The van der Waals surface area contributed by atoms with Crippen molar-refractivity contribution in [2.45, 2.75) is 6.54 Å². The fourth-order valence-corrected chi connectivity index (χ4v) is 3.63. The van der Waals surface area contributed by atoms with Gasteiger partial charge in [0.05, 0.1) is 37.6 Å². The second-order valence-corrected chi connectivity index (χ2v) is 7.18. The lowest BCUT2D eigenvalue weighted by Crippen LogP contribution is -2.42. The van der Waals surface area contributed by atoms with Crippen LogP contribution >= 0.6 is 0 Å². The van der Waals surface area contributed by atoms with E-state index in [1.54, 1.807) is 6.21 Å². The maximum atomic E-state index is 12.1. The molecular weight excluding hydrogens is 378 g/mol.